The fourth-order valence-corrected chi connectivity index (χ4v) is 1.83. The molecule has 0 aromatic rings. The van der Waals surface area contributed by atoms with E-state index in [4.69, 9.17) is 0 Å². The molecule has 0 N–H and O–H groups in total. The van der Waals surface area contributed by atoms with E-state index in [2.05, 4.69) is 6.92 Å². The summed E-state index contributed by atoms with van der Waals surface area (Å²) < 4.78 is 0. The predicted octanol–water partition coefficient (Wildman–Crippen LogP) is 0.402. The number of nitrogens with zero attached hydrogens (tertiary/aromatic N) is 3. The lowest BCUT2D eigenvalue weighted by Crippen LogP contribution is -2.59. The highest BCUT2D eigenvalue weighted by molar-refractivity contribution is 5.81. The van der Waals surface area contributed by atoms with Gasteiger partial charge in [-0.05, 0) is 0 Å². The van der Waals surface area contributed by atoms with E-state index < -0.39 is 0 Å². The van der Waals surface area contributed by atoms with Gasteiger partial charge in [0.2, 0.25) is 11.8 Å². The molecule has 1 aliphatic rings. The first-order valence-electron chi connectivity index (χ1n) is 6.16. The summed E-state index contributed by atoms with van der Waals surface area (Å²) in [5.74, 6) is -0.284. The SMILES string of the molecule is [CH2+]CC(=O)N1CN(C(=O)CC)CN(C(=O)CC)C1. The molecule has 0 spiro atoms. The molecule has 0 radical (unpaired) electrons. The monoisotopic (exact) mass is 254 g/mol. The third-order valence-electron chi connectivity index (χ3n) is 2.90. The van der Waals surface area contributed by atoms with E-state index in [-0.39, 0.29) is 44.1 Å². The summed E-state index contributed by atoms with van der Waals surface area (Å²) >= 11 is 0. The number of amides is 3. The van der Waals surface area contributed by atoms with Gasteiger partial charge in [0, 0.05) is 12.8 Å². The van der Waals surface area contributed by atoms with E-state index in [1.54, 1.807) is 13.8 Å². The Morgan fingerprint density at radius 3 is 1.44 bits per heavy atom. The molecule has 0 aromatic carbocycles. The predicted molar refractivity (Wildman–Crippen MR) is 65.7 cm³/mol. The Bertz CT molecular complexity index is 285. The van der Waals surface area contributed by atoms with Gasteiger partial charge in [-0.2, -0.15) is 0 Å². The molecule has 0 aliphatic carbocycles. The topological polar surface area (TPSA) is 60.9 Å². The first-order chi connectivity index (χ1) is 8.53. The van der Waals surface area contributed by atoms with Crippen LogP contribution in [0.1, 0.15) is 33.1 Å². The lowest BCUT2D eigenvalue weighted by Gasteiger charge is -2.41. The van der Waals surface area contributed by atoms with Gasteiger partial charge in [-0.3, -0.25) is 14.4 Å². The van der Waals surface area contributed by atoms with Crippen LogP contribution in [0.3, 0.4) is 0 Å². The van der Waals surface area contributed by atoms with Crippen LogP contribution in [0.2, 0.25) is 0 Å². The van der Waals surface area contributed by atoms with E-state index in [9.17, 15) is 14.4 Å². The van der Waals surface area contributed by atoms with Crippen molar-refractivity contribution in [3.8, 4) is 0 Å². The minimum atomic E-state index is -0.155. The molecule has 18 heavy (non-hydrogen) atoms. The van der Waals surface area contributed by atoms with Crippen LogP contribution in [-0.2, 0) is 14.4 Å². The lowest BCUT2D eigenvalue weighted by atomic mass is 10.3. The molecular weight excluding hydrogens is 234 g/mol. The Kier molecular flexibility index (Phi) is 5.00. The van der Waals surface area contributed by atoms with Crippen LogP contribution in [0, 0.1) is 6.92 Å². The van der Waals surface area contributed by atoms with Gasteiger partial charge in [-0.15, -0.1) is 0 Å². The highest BCUT2D eigenvalue weighted by Crippen LogP contribution is 2.11. The minimum absolute atomic E-state index is 0.0644. The van der Waals surface area contributed by atoms with Gasteiger partial charge >= 0.3 is 0 Å². The third-order valence-corrected chi connectivity index (χ3v) is 2.90. The first-order valence-corrected chi connectivity index (χ1v) is 6.16. The smallest absolute Gasteiger partial charge is 0.270 e. The van der Waals surface area contributed by atoms with Crippen LogP contribution in [0.15, 0.2) is 0 Å². The van der Waals surface area contributed by atoms with Gasteiger partial charge < -0.3 is 14.7 Å². The van der Waals surface area contributed by atoms with Crippen molar-refractivity contribution in [1.82, 2.24) is 14.7 Å². The average Bonchev–Trinajstić information content (AvgIpc) is 2.43. The summed E-state index contributed by atoms with van der Waals surface area (Å²) in [4.78, 5) is 39.6. The quantitative estimate of drug-likeness (QED) is 0.685. The van der Waals surface area contributed by atoms with Crippen LogP contribution in [0.25, 0.3) is 0 Å². The lowest BCUT2D eigenvalue weighted by molar-refractivity contribution is -0.158. The molecule has 0 bridgehead atoms. The van der Waals surface area contributed by atoms with Crippen LogP contribution in [-0.4, -0.2) is 52.4 Å². The van der Waals surface area contributed by atoms with Crippen LogP contribution >= 0.6 is 0 Å². The molecule has 1 heterocycles. The van der Waals surface area contributed by atoms with E-state index in [0.717, 1.165) is 0 Å². The van der Waals surface area contributed by atoms with Crippen molar-refractivity contribution in [3.05, 3.63) is 6.92 Å². The van der Waals surface area contributed by atoms with Crippen molar-refractivity contribution >= 4 is 17.7 Å². The largest absolute Gasteiger partial charge is 0.307 e. The van der Waals surface area contributed by atoms with Crippen molar-refractivity contribution in [1.29, 1.82) is 0 Å². The van der Waals surface area contributed by atoms with E-state index in [0.29, 0.717) is 12.8 Å². The zero-order chi connectivity index (χ0) is 13.7. The maximum atomic E-state index is 11.7. The Hall–Kier alpha value is -1.72. The second kappa shape index (κ2) is 6.28. The molecular formula is C12H20N3O3+. The van der Waals surface area contributed by atoms with Gasteiger partial charge in [-0.25, -0.2) is 0 Å². The Balaban J connectivity index is 2.81. The first kappa shape index (κ1) is 14.3. The molecule has 3 amide bonds. The summed E-state index contributed by atoms with van der Waals surface area (Å²) in [6.07, 6.45) is 0.851. The Labute approximate surface area is 108 Å². The zero-order valence-electron chi connectivity index (χ0n) is 11.0. The maximum Gasteiger partial charge on any atom is 0.270 e. The van der Waals surface area contributed by atoms with Gasteiger partial charge in [0.05, 0.1) is 26.9 Å². The number of rotatable bonds is 3. The molecule has 1 rings (SSSR count). The molecule has 6 nitrogen and oxygen atoms in total. The standard InChI is InChI=1S/C12H20N3O3/c1-4-10(16)13-7-14(11(17)5-2)9-15(8-13)12(18)6-3/h1,4-9H2,2-3H3/q+1. The molecule has 1 saturated heterocycles. The zero-order valence-corrected chi connectivity index (χ0v) is 11.0. The summed E-state index contributed by atoms with van der Waals surface area (Å²) in [5.41, 5.74) is 0. The molecule has 0 atom stereocenters. The van der Waals surface area contributed by atoms with Crippen molar-refractivity contribution < 1.29 is 14.4 Å². The van der Waals surface area contributed by atoms with Crippen molar-refractivity contribution in [2.45, 2.75) is 33.1 Å². The fourth-order valence-electron chi connectivity index (χ4n) is 1.83. The van der Waals surface area contributed by atoms with Gasteiger partial charge in [0.15, 0.2) is 6.42 Å². The molecule has 0 saturated carbocycles. The van der Waals surface area contributed by atoms with Crippen LogP contribution < -0.4 is 0 Å². The Morgan fingerprint density at radius 1 is 0.833 bits per heavy atom. The van der Waals surface area contributed by atoms with Gasteiger partial charge in [0.1, 0.15) is 0 Å². The Morgan fingerprint density at radius 2 is 1.17 bits per heavy atom. The minimum Gasteiger partial charge on any atom is -0.307 e. The van der Waals surface area contributed by atoms with E-state index >= 15 is 0 Å². The summed E-state index contributed by atoms with van der Waals surface area (Å²) in [7, 11) is 0. The normalized spacial score (nSPS) is 15.8. The molecule has 6 heteroatoms. The average molecular weight is 254 g/mol. The van der Waals surface area contributed by atoms with E-state index in [1.807, 2.05) is 0 Å². The van der Waals surface area contributed by atoms with E-state index in [1.165, 1.54) is 14.7 Å². The summed E-state index contributed by atoms with van der Waals surface area (Å²) in [6, 6.07) is 0. The van der Waals surface area contributed by atoms with Crippen molar-refractivity contribution in [3.63, 3.8) is 0 Å². The summed E-state index contributed by atoms with van der Waals surface area (Å²) in [6.45, 7) is 7.82. The van der Waals surface area contributed by atoms with Crippen molar-refractivity contribution in [2.75, 3.05) is 20.0 Å². The second-order valence-electron chi connectivity index (χ2n) is 4.18. The highest BCUT2D eigenvalue weighted by atomic mass is 16.2. The number of carbonyl (C=O) groups excluding carboxylic acids is 3. The number of carbonyl (C=O) groups is 3. The number of hydrogen-bond donors (Lipinski definition) is 0. The second-order valence-corrected chi connectivity index (χ2v) is 4.18. The summed E-state index contributed by atoms with van der Waals surface area (Å²) in [5, 5.41) is 0. The molecule has 0 aromatic heterocycles. The molecule has 1 fully saturated rings. The maximum absolute atomic E-state index is 11.7. The molecule has 0 unspecified atom stereocenters. The van der Waals surface area contributed by atoms with Crippen LogP contribution in [0.5, 0.6) is 0 Å². The third kappa shape index (κ3) is 3.15. The van der Waals surface area contributed by atoms with Gasteiger partial charge in [-0.1, -0.05) is 13.8 Å². The van der Waals surface area contributed by atoms with Gasteiger partial charge in [0.25, 0.3) is 5.91 Å². The number of hydrogen-bond acceptors (Lipinski definition) is 3. The van der Waals surface area contributed by atoms with Crippen LogP contribution in [0.4, 0.5) is 0 Å². The fraction of sp³-hybridized carbons (Fsp3) is 0.667. The highest BCUT2D eigenvalue weighted by Gasteiger charge is 2.30. The molecule has 100 valence electrons. The molecule has 1 aliphatic heterocycles. The van der Waals surface area contributed by atoms with Crippen molar-refractivity contribution in [2.24, 2.45) is 0 Å².